The summed E-state index contributed by atoms with van der Waals surface area (Å²) in [5, 5.41) is 4.06. The number of amides is 3. The molecule has 0 saturated carbocycles. The van der Waals surface area contributed by atoms with Gasteiger partial charge in [0.15, 0.2) is 6.10 Å². The molecule has 120 valence electrons. The number of primary amides is 1. The molecule has 0 radical (unpaired) electrons. The standard InChI is InChI=1S/C16H16N2O4S/c1-10(15(20)18-16(17)21)22-14(19)9-23-13-7-6-11-4-2-3-5-12(11)8-13/h2-8,10H,9H2,1H3,(H3,17,18,20,21). The predicted molar refractivity (Wildman–Crippen MR) is 88.0 cm³/mol. The lowest BCUT2D eigenvalue weighted by Crippen LogP contribution is -2.42. The van der Waals surface area contributed by atoms with Gasteiger partial charge in [-0.05, 0) is 29.8 Å². The van der Waals surface area contributed by atoms with Crippen molar-refractivity contribution in [3.8, 4) is 0 Å². The van der Waals surface area contributed by atoms with Gasteiger partial charge >= 0.3 is 12.0 Å². The van der Waals surface area contributed by atoms with E-state index in [1.54, 1.807) is 0 Å². The van der Waals surface area contributed by atoms with Crippen LogP contribution in [-0.4, -0.2) is 29.8 Å². The van der Waals surface area contributed by atoms with Crippen molar-refractivity contribution in [2.45, 2.75) is 17.9 Å². The molecule has 6 nitrogen and oxygen atoms in total. The van der Waals surface area contributed by atoms with E-state index in [0.29, 0.717) is 0 Å². The first-order valence-electron chi connectivity index (χ1n) is 6.87. The first kappa shape index (κ1) is 16.8. The molecule has 3 N–H and O–H groups in total. The van der Waals surface area contributed by atoms with Crippen LogP contribution in [0, 0.1) is 0 Å². The minimum Gasteiger partial charge on any atom is -0.452 e. The molecule has 7 heteroatoms. The number of carbonyl (C=O) groups excluding carboxylic acids is 3. The van der Waals surface area contributed by atoms with Crippen molar-refractivity contribution in [3.63, 3.8) is 0 Å². The number of benzene rings is 2. The number of carbonyl (C=O) groups is 3. The molecule has 2 aromatic rings. The van der Waals surface area contributed by atoms with Crippen molar-refractivity contribution < 1.29 is 19.1 Å². The van der Waals surface area contributed by atoms with Gasteiger partial charge in [0, 0.05) is 4.90 Å². The molecule has 0 aliphatic heterocycles. The Hall–Kier alpha value is -2.54. The Labute approximate surface area is 137 Å². The fraction of sp³-hybridized carbons (Fsp3) is 0.188. The highest BCUT2D eigenvalue weighted by atomic mass is 32.2. The molecule has 0 spiro atoms. The van der Waals surface area contributed by atoms with Gasteiger partial charge in [0.2, 0.25) is 0 Å². The monoisotopic (exact) mass is 332 g/mol. The van der Waals surface area contributed by atoms with E-state index in [2.05, 4.69) is 0 Å². The number of rotatable bonds is 5. The average molecular weight is 332 g/mol. The summed E-state index contributed by atoms with van der Waals surface area (Å²) in [6.07, 6.45) is -1.08. The second kappa shape index (κ2) is 7.64. The molecular weight excluding hydrogens is 316 g/mol. The molecule has 0 fully saturated rings. The molecule has 1 unspecified atom stereocenters. The lowest BCUT2D eigenvalue weighted by atomic mass is 10.1. The number of nitrogens with two attached hydrogens (primary N) is 1. The van der Waals surface area contributed by atoms with Crippen LogP contribution in [0.15, 0.2) is 47.4 Å². The largest absolute Gasteiger partial charge is 0.452 e. The number of imide groups is 1. The quantitative estimate of drug-likeness (QED) is 0.645. The SMILES string of the molecule is CC(OC(=O)CSc1ccc2ccccc2c1)C(=O)NC(N)=O. The lowest BCUT2D eigenvalue weighted by molar-refractivity contribution is -0.151. The Bertz CT molecular complexity index is 748. The van der Waals surface area contributed by atoms with Gasteiger partial charge in [-0.1, -0.05) is 30.3 Å². The lowest BCUT2D eigenvalue weighted by Gasteiger charge is -2.11. The van der Waals surface area contributed by atoms with Crippen LogP contribution in [0.4, 0.5) is 4.79 Å². The number of fused-ring (bicyclic) bond motifs is 1. The molecule has 3 amide bonds. The van der Waals surface area contributed by atoms with Crippen molar-refractivity contribution >= 4 is 40.4 Å². The maximum atomic E-state index is 11.7. The molecule has 0 aliphatic carbocycles. The van der Waals surface area contributed by atoms with Gasteiger partial charge < -0.3 is 10.5 Å². The molecule has 23 heavy (non-hydrogen) atoms. The molecule has 2 rings (SSSR count). The van der Waals surface area contributed by atoms with Crippen LogP contribution in [0.1, 0.15) is 6.92 Å². The summed E-state index contributed by atoms with van der Waals surface area (Å²) in [4.78, 5) is 34.6. The van der Waals surface area contributed by atoms with Gasteiger partial charge in [-0.15, -0.1) is 11.8 Å². The van der Waals surface area contributed by atoms with Crippen molar-refractivity contribution in [2.24, 2.45) is 5.73 Å². The van der Waals surface area contributed by atoms with Crippen LogP contribution < -0.4 is 11.1 Å². The zero-order valence-electron chi connectivity index (χ0n) is 12.4. The topological polar surface area (TPSA) is 98.5 Å². The molecule has 0 bridgehead atoms. The number of ether oxygens (including phenoxy) is 1. The van der Waals surface area contributed by atoms with Crippen LogP contribution in [0.2, 0.25) is 0 Å². The van der Waals surface area contributed by atoms with Crippen LogP contribution in [-0.2, 0) is 14.3 Å². The van der Waals surface area contributed by atoms with E-state index in [4.69, 9.17) is 10.5 Å². The molecule has 0 saturated heterocycles. The van der Waals surface area contributed by atoms with Gasteiger partial charge in [-0.3, -0.25) is 14.9 Å². The number of urea groups is 1. The van der Waals surface area contributed by atoms with E-state index in [9.17, 15) is 14.4 Å². The van der Waals surface area contributed by atoms with Gasteiger partial charge in [0.05, 0.1) is 5.75 Å². The molecule has 0 aliphatic rings. The number of nitrogens with one attached hydrogen (secondary N) is 1. The van der Waals surface area contributed by atoms with Gasteiger partial charge in [0.1, 0.15) is 0 Å². The van der Waals surface area contributed by atoms with Crippen molar-refractivity contribution in [2.75, 3.05) is 5.75 Å². The van der Waals surface area contributed by atoms with Crippen molar-refractivity contribution in [1.82, 2.24) is 5.32 Å². The third kappa shape index (κ3) is 5.00. The average Bonchev–Trinajstić information content (AvgIpc) is 2.52. The number of thioether (sulfide) groups is 1. The predicted octanol–water partition coefficient (Wildman–Crippen LogP) is 2.06. The number of esters is 1. The maximum absolute atomic E-state index is 11.7. The van der Waals surface area contributed by atoms with Crippen LogP contribution >= 0.6 is 11.8 Å². The minimum absolute atomic E-state index is 0.0620. The Morgan fingerprint density at radius 2 is 1.87 bits per heavy atom. The van der Waals surface area contributed by atoms with E-state index in [1.807, 2.05) is 47.8 Å². The van der Waals surface area contributed by atoms with Crippen molar-refractivity contribution in [3.05, 3.63) is 42.5 Å². The summed E-state index contributed by atoms with van der Waals surface area (Å²) < 4.78 is 4.94. The highest BCUT2D eigenvalue weighted by Gasteiger charge is 2.18. The molecule has 0 aromatic heterocycles. The van der Waals surface area contributed by atoms with Gasteiger partial charge in [-0.25, -0.2) is 4.79 Å². The Balaban J connectivity index is 1.88. The highest BCUT2D eigenvalue weighted by Crippen LogP contribution is 2.23. The summed E-state index contributed by atoms with van der Waals surface area (Å²) >= 11 is 1.31. The number of hydrogen-bond donors (Lipinski definition) is 2. The smallest absolute Gasteiger partial charge is 0.318 e. The molecule has 1 atom stereocenters. The first-order chi connectivity index (χ1) is 11.0. The summed E-state index contributed by atoms with van der Waals surface area (Å²) in [7, 11) is 0. The second-order valence-corrected chi connectivity index (χ2v) is 5.83. The molecule has 2 aromatic carbocycles. The van der Waals surface area contributed by atoms with Gasteiger partial charge in [-0.2, -0.15) is 0 Å². The Morgan fingerprint density at radius 3 is 2.57 bits per heavy atom. The van der Waals surface area contributed by atoms with E-state index in [-0.39, 0.29) is 5.75 Å². The first-order valence-corrected chi connectivity index (χ1v) is 7.85. The second-order valence-electron chi connectivity index (χ2n) is 4.78. The zero-order chi connectivity index (χ0) is 16.8. The summed E-state index contributed by atoms with van der Waals surface area (Å²) in [5.41, 5.74) is 4.83. The number of hydrogen-bond acceptors (Lipinski definition) is 5. The van der Waals surface area contributed by atoms with Crippen molar-refractivity contribution in [1.29, 1.82) is 0 Å². The highest BCUT2D eigenvalue weighted by molar-refractivity contribution is 8.00. The minimum atomic E-state index is -1.08. The summed E-state index contributed by atoms with van der Waals surface area (Å²) in [6, 6.07) is 12.8. The summed E-state index contributed by atoms with van der Waals surface area (Å²) in [6.45, 7) is 1.37. The van der Waals surface area contributed by atoms with Gasteiger partial charge in [0.25, 0.3) is 5.91 Å². The van der Waals surface area contributed by atoms with E-state index in [1.165, 1.54) is 18.7 Å². The van der Waals surface area contributed by atoms with Crippen LogP contribution in [0.25, 0.3) is 10.8 Å². The normalized spacial score (nSPS) is 11.7. The van der Waals surface area contributed by atoms with E-state index in [0.717, 1.165) is 15.7 Å². The van der Waals surface area contributed by atoms with Crippen LogP contribution in [0.3, 0.4) is 0 Å². The third-order valence-corrected chi connectivity index (χ3v) is 3.97. The fourth-order valence-electron chi connectivity index (χ4n) is 1.91. The Morgan fingerprint density at radius 1 is 1.17 bits per heavy atom. The summed E-state index contributed by atoms with van der Waals surface area (Å²) in [5.74, 6) is -1.23. The van der Waals surface area contributed by atoms with E-state index < -0.39 is 24.0 Å². The third-order valence-electron chi connectivity index (χ3n) is 3.00. The van der Waals surface area contributed by atoms with E-state index >= 15 is 0 Å². The van der Waals surface area contributed by atoms with Crippen LogP contribution in [0.5, 0.6) is 0 Å². The fourth-order valence-corrected chi connectivity index (χ4v) is 2.63. The Kier molecular flexibility index (Phi) is 5.59. The maximum Gasteiger partial charge on any atom is 0.318 e. The molecular formula is C16H16N2O4S. The zero-order valence-corrected chi connectivity index (χ0v) is 13.3. The molecule has 0 heterocycles.